The molecule has 0 radical (unpaired) electrons. The molecule has 1 saturated heterocycles. The first-order chi connectivity index (χ1) is 7.79. The van der Waals surface area contributed by atoms with Crippen LogP contribution >= 0.6 is 27.3 Å². The second kappa shape index (κ2) is 6.15. The molecule has 1 aliphatic heterocycles. The van der Waals surface area contributed by atoms with Gasteiger partial charge in [-0.25, -0.2) is 0 Å². The van der Waals surface area contributed by atoms with Crippen molar-refractivity contribution in [3.05, 3.63) is 20.8 Å². The molecule has 0 saturated carbocycles. The van der Waals surface area contributed by atoms with Gasteiger partial charge in [-0.2, -0.15) is 0 Å². The Bertz CT molecular complexity index is 323. The van der Waals surface area contributed by atoms with E-state index in [2.05, 4.69) is 40.3 Å². The predicted molar refractivity (Wildman–Crippen MR) is 72.0 cm³/mol. The predicted octanol–water partition coefficient (Wildman–Crippen LogP) is 3.73. The molecule has 0 aromatic carbocycles. The fourth-order valence-electron chi connectivity index (χ4n) is 2.16. The molecule has 2 nitrogen and oxygen atoms in total. The fourth-order valence-corrected chi connectivity index (χ4v) is 3.67. The van der Waals surface area contributed by atoms with E-state index >= 15 is 0 Å². The Morgan fingerprint density at radius 2 is 2.50 bits per heavy atom. The molecule has 1 N–H and O–H groups in total. The molecule has 16 heavy (non-hydrogen) atoms. The van der Waals surface area contributed by atoms with Crippen LogP contribution in [0.1, 0.15) is 37.1 Å². The quantitative estimate of drug-likeness (QED) is 0.895. The molecular weight excluding hydrogens is 286 g/mol. The van der Waals surface area contributed by atoms with E-state index < -0.39 is 0 Å². The zero-order chi connectivity index (χ0) is 11.4. The Kier molecular flexibility index (Phi) is 4.82. The van der Waals surface area contributed by atoms with Crippen LogP contribution in [0.4, 0.5) is 0 Å². The number of ether oxygens (including phenoxy) is 1. The van der Waals surface area contributed by atoms with Gasteiger partial charge in [-0.15, -0.1) is 11.3 Å². The molecule has 0 spiro atoms. The van der Waals surface area contributed by atoms with Gasteiger partial charge >= 0.3 is 0 Å². The molecule has 0 aliphatic carbocycles. The number of thiophene rings is 1. The third-order valence-corrected chi connectivity index (χ3v) is 4.65. The standard InChI is InChI=1S/C12H18BrNOS/c1-2-14-10(8-9-4-3-7-15-9)11-5-6-12(13)16-11/h5-6,9-10,14H,2-4,7-8H2,1H3. The average molecular weight is 304 g/mol. The van der Waals surface area contributed by atoms with Gasteiger partial charge in [-0.05, 0) is 53.9 Å². The van der Waals surface area contributed by atoms with Crippen LogP contribution in [-0.2, 0) is 4.74 Å². The van der Waals surface area contributed by atoms with Gasteiger partial charge in [-0.3, -0.25) is 0 Å². The highest BCUT2D eigenvalue weighted by molar-refractivity contribution is 9.11. The first kappa shape index (κ1) is 12.6. The van der Waals surface area contributed by atoms with Crippen LogP contribution in [0.15, 0.2) is 15.9 Å². The molecule has 1 aliphatic rings. The van der Waals surface area contributed by atoms with Crippen molar-refractivity contribution in [2.75, 3.05) is 13.2 Å². The fraction of sp³-hybridized carbons (Fsp3) is 0.667. The first-order valence-electron chi connectivity index (χ1n) is 5.90. The molecule has 4 heteroatoms. The molecule has 1 aromatic heterocycles. The molecule has 1 fully saturated rings. The highest BCUT2D eigenvalue weighted by Crippen LogP contribution is 2.31. The summed E-state index contributed by atoms with van der Waals surface area (Å²) < 4.78 is 6.92. The Hall–Kier alpha value is 0.1000. The lowest BCUT2D eigenvalue weighted by atomic mass is 10.1. The minimum absolute atomic E-state index is 0.449. The Balaban J connectivity index is 1.98. The topological polar surface area (TPSA) is 21.3 Å². The Morgan fingerprint density at radius 3 is 3.06 bits per heavy atom. The average Bonchev–Trinajstić information content (AvgIpc) is 2.88. The van der Waals surface area contributed by atoms with Gasteiger partial charge in [-0.1, -0.05) is 6.92 Å². The Morgan fingerprint density at radius 1 is 1.62 bits per heavy atom. The van der Waals surface area contributed by atoms with Crippen molar-refractivity contribution in [2.24, 2.45) is 0 Å². The van der Waals surface area contributed by atoms with Gasteiger partial charge in [0.2, 0.25) is 0 Å². The third-order valence-electron chi connectivity index (χ3n) is 2.91. The molecule has 1 aromatic rings. The minimum atomic E-state index is 0.449. The number of rotatable bonds is 5. The van der Waals surface area contributed by atoms with Crippen LogP contribution < -0.4 is 5.32 Å². The van der Waals surface area contributed by atoms with E-state index in [1.165, 1.54) is 21.5 Å². The monoisotopic (exact) mass is 303 g/mol. The van der Waals surface area contributed by atoms with Crippen molar-refractivity contribution >= 4 is 27.3 Å². The number of halogens is 1. The minimum Gasteiger partial charge on any atom is -0.378 e. The van der Waals surface area contributed by atoms with Gasteiger partial charge in [0, 0.05) is 17.5 Å². The summed E-state index contributed by atoms with van der Waals surface area (Å²) in [6.45, 7) is 4.11. The van der Waals surface area contributed by atoms with E-state index in [0.717, 1.165) is 19.6 Å². The molecule has 2 unspecified atom stereocenters. The van der Waals surface area contributed by atoms with Crippen LogP contribution in [0, 0.1) is 0 Å². The summed E-state index contributed by atoms with van der Waals surface area (Å²) in [5.74, 6) is 0. The largest absolute Gasteiger partial charge is 0.378 e. The van der Waals surface area contributed by atoms with Gasteiger partial charge in [0.25, 0.3) is 0 Å². The summed E-state index contributed by atoms with van der Waals surface area (Å²) >= 11 is 5.34. The molecule has 2 rings (SSSR count). The lowest BCUT2D eigenvalue weighted by Crippen LogP contribution is -2.24. The number of nitrogens with one attached hydrogen (secondary N) is 1. The maximum absolute atomic E-state index is 5.71. The summed E-state index contributed by atoms with van der Waals surface area (Å²) in [4.78, 5) is 1.41. The van der Waals surface area contributed by atoms with E-state index in [1.54, 1.807) is 0 Å². The van der Waals surface area contributed by atoms with Crippen molar-refractivity contribution in [3.63, 3.8) is 0 Å². The van der Waals surface area contributed by atoms with Crippen LogP contribution in [0.2, 0.25) is 0 Å². The summed E-state index contributed by atoms with van der Waals surface area (Å²) in [6.07, 6.45) is 3.98. The van der Waals surface area contributed by atoms with Crippen LogP contribution in [0.25, 0.3) is 0 Å². The molecule has 0 bridgehead atoms. The Labute approximate surface area is 110 Å². The van der Waals surface area contributed by atoms with E-state index in [0.29, 0.717) is 12.1 Å². The van der Waals surface area contributed by atoms with Crippen molar-refractivity contribution in [2.45, 2.75) is 38.3 Å². The van der Waals surface area contributed by atoms with Crippen LogP contribution in [0.5, 0.6) is 0 Å². The van der Waals surface area contributed by atoms with E-state index in [1.807, 2.05) is 11.3 Å². The van der Waals surface area contributed by atoms with E-state index in [9.17, 15) is 0 Å². The summed E-state index contributed by atoms with van der Waals surface area (Å²) in [6, 6.07) is 4.78. The van der Waals surface area contributed by atoms with Crippen molar-refractivity contribution in [1.29, 1.82) is 0 Å². The van der Waals surface area contributed by atoms with E-state index in [4.69, 9.17) is 4.74 Å². The van der Waals surface area contributed by atoms with Gasteiger partial charge < -0.3 is 10.1 Å². The highest BCUT2D eigenvalue weighted by atomic mass is 79.9. The summed E-state index contributed by atoms with van der Waals surface area (Å²) in [5.41, 5.74) is 0. The van der Waals surface area contributed by atoms with Crippen molar-refractivity contribution in [3.8, 4) is 0 Å². The first-order valence-corrected chi connectivity index (χ1v) is 7.50. The smallest absolute Gasteiger partial charge is 0.0701 e. The lowest BCUT2D eigenvalue weighted by Gasteiger charge is -2.19. The molecule has 0 amide bonds. The van der Waals surface area contributed by atoms with Crippen LogP contribution in [0.3, 0.4) is 0 Å². The summed E-state index contributed by atoms with van der Waals surface area (Å²) in [5, 5.41) is 3.55. The number of hydrogen-bond donors (Lipinski definition) is 1. The maximum atomic E-state index is 5.71. The molecule has 90 valence electrons. The maximum Gasteiger partial charge on any atom is 0.0701 e. The van der Waals surface area contributed by atoms with Crippen molar-refractivity contribution in [1.82, 2.24) is 5.32 Å². The zero-order valence-electron chi connectivity index (χ0n) is 9.54. The number of hydrogen-bond acceptors (Lipinski definition) is 3. The summed E-state index contributed by atoms with van der Waals surface area (Å²) in [7, 11) is 0. The van der Waals surface area contributed by atoms with Gasteiger partial charge in [0.1, 0.15) is 0 Å². The van der Waals surface area contributed by atoms with E-state index in [-0.39, 0.29) is 0 Å². The third kappa shape index (κ3) is 3.29. The molecule has 2 heterocycles. The second-order valence-electron chi connectivity index (χ2n) is 4.12. The van der Waals surface area contributed by atoms with Crippen LogP contribution in [-0.4, -0.2) is 19.3 Å². The zero-order valence-corrected chi connectivity index (χ0v) is 11.9. The van der Waals surface area contributed by atoms with Gasteiger partial charge in [0.15, 0.2) is 0 Å². The molecule has 2 atom stereocenters. The van der Waals surface area contributed by atoms with Gasteiger partial charge in [0.05, 0.1) is 9.89 Å². The normalized spacial score (nSPS) is 22.5. The lowest BCUT2D eigenvalue weighted by molar-refractivity contribution is 0.0951. The second-order valence-corrected chi connectivity index (χ2v) is 6.62. The van der Waals surface area contributed by atoms with Crippen molar-refractivity contribution < 1.29 is 4.74 Å². The molecular formula is C12H18BrNOS. The SMILES string of the molecule is CCNC(CC1CCCO1)c1ccc(Br)s1. The highest BCUT2D eigenvalue weighted by Gasteiger charge is 2.22.